The Bertz CT molecular complexity index is 878. The van der Waals surface area contributed by atoms with Crippen molar-refractivity contribution in [3.05, 3.63) is 12.2 Å². The van der Waals surface area contributed by atoms with Gasteiger partial charge in [-0.3, -0.25) is 9.59 Å². The third-order valence-electron chi connectivity index (χ3n) is 12.3. The number of hydrogen-bond donors (Lipinski definition) is 3. The number of ether oxygens (including phenoxy) is 1. The molecule has 0 aromatic heterocycles. The Morgan fingerprint density at radius 2 is 0.780 bits per heavy atom. The maximum Gasteiger partial charge on any atom is 0.305 e. The summed E-state index contributed by atoms with van der Waals surface area (Å²) in [5, 5.41) is 23.1. The molecular weight excluding hydrogens is 731 g/mol. The average molecular weight is 834 g/mol. The molecular formula is C53H103NO5. The lowest BCUT2D eigenvalue weighted by molar-refractivity contribution is -0.143. The van der Waals surface area contributed by atoms with E-state index in [1.807, 2.05) is 6.08 Å². The topological polar surface area (TPSA) is 95.9 Å². The van der Waals surface area contributed by atoms with E-state index in [2.05, 4.69) is 19.2 Å². The summed E-state index contributed by atoms with van der Waals surface area (Å²) < 4.78 is 5.45. The molecule has 1 amide bonds. The first-order valence-electron chi connectivity index (χ1n) is 26.5. The maximum absolute atomic E-state index is 12.4. The molecule has 6 nitrogen and oxygen atoms in total. The van der Waals surface area contributed by atoms with Gasteiger partial charge in [-0.1, -0.05) is 257 Å². The lowest BCUT2D eigenvalue weighted by atomic mass is 10.0. The molecule has 0 aliphatic carbocycles. The van der Waals surface area contributed by atoms with Crippen molar-refractivity contribution in [3.63, 3.8) is 0 Å². The number of nitrogens with one attached hydrogen (secondary N) is 1. The van der Waals surface area contributed by atoms with Crippen LogP contribution in [0.25, 0.3) is 0 Å². The summed E-state index contributed by atoms with van der Waals surface area (Å²) in [4.78, 5) is 24.4. The van der Waals surface area contributed by atoms with Gasteiger partial charge in [-0.25, -0.2) is 0 Å². The third-order valence-corrected chi connectivity index (χ3v) is 12.3. The second-order valence-corrected chi connectivity index (χ2v) is 18.2. The van der Waals surface area contributed by atoms with Crippen LogP contribution in [-0.4, -0.2) is 47.4 Å². The standard InChI is InChI=1S/C53H103NO5/c1-3-5-7-9-11-13-15-16-17-18-19-22-26-29-33-37-41-45-51(56)50(49-55)54-52(57)46-42-38-34-30-27-23-20-21-24-28-32-36-40-44-48-59-53(58)47-43-39-35-31-25-14-12-10-8-6-4-2/h41,45,50-51,55-56H,3-40,42-44,46-49H2,1-2H3,(H,54,57)/b45-41+. The first-order chi connectivity index (χ1) is 29.0. The zero-order valence-electron chi connectivity index (χ0n) is 39.7. The van der Waals surface area contributed by atoms with Gasteiger partial charge in [-0.2, -0.15) is 0 Å². The highest BCUT2D eigenvalue weighted by molar-refractivity contribution is 5.76. The van der Waals surface area contributed by atoms with E-state index in [-0.39, 0.29) is 18.5 Å². The molecule has 0 aromatic carbocycles. The molecule has 6 heteroatoms. The van der Waals surface area contributed by atoms with Crippen LogP contribution in [0.3, 0.4) is 0 Å². The number of hydrogen-bond acceptors (Lipinski definition) is 5. The van der Waals surface area contributed by atoms with Gasteiger partial charge in [0.25, 0.3) is 0 Å². The predicted molar refractivity (Wildman–Crippen MR) is 255 cm³/mol. The van der Waals surface area contributed by atoms with Crippen molar-refractivity contribution in [3.8, 4) is 0 Å². The van der Waals surface area contributed by atoms with Crippen LogP contribution in [0.2, 0.25) is 0 Å². The molecule has 59 heavy (non-hydrogen) atoms. The Labute approximate surface area is 368 Å². The second kappa shape index (κ2) is 49.3. The van der Waals surface area contributed by atoms with E-state index in [4.69, 9.17) is 4.74 Å². The SMILES string of the molecule is CCCCCCCCCCCCCCCCC/C=C/C(O)C(CO)NC(=O)CCCCCCCCCCCCCCCCOC(=O)CCCCCCCCCCCCC. The number of esters is 1. The number of carbonyl (C=O) groups excluding carboxylic acids is 2. The third kappa shape index (κ3) is 45.9. The molecule has 0 aromatic rings. The molecule has 0 saturated heterocycles. The van der Waals surface area contributed by atoms with Gasteiger partial charge in [0.2, 0.25) is 5.91 Å². The molecule has 0 heterocycles. The molecule has 0 spiro atoms. The molecule has 0 bridgehead atoms. The summed E-state index contributed by atoms with van der Waals surface area (Å²) in [7, 11) is 0. The Hall–Kier alpha value is -1.40. The summed E-state index contributed by atoms with van der Waals surface area (Å²) in [5.41, 5.74) is 0. The van der Waals surface area contributed by atoms with Crippen molar-refractivity contribution in [1.29, 1.82) is 0 Å². The number of carbonyl (C=O) groups is 2. The first kappa shape index (κ1) is 57.6. The Kier molecular flexibility index (Phi) is 48.1. The van der Waals surface area contributed by atoms with Gasteiger partial charge in [0.15, 0.2) is 0 Å². The minimum absolute atomic E-state index is 0.00347. The van der Waals surface area contributed by atoms with Crippen molar-refractivity contribution in [1.82, 2.24) is 5.32 Å². The summed E-state index contributed by atoms with van der Waals surface area (Å²) in [6.45, 7) is 4.89. The summed E-state index contributed by atoms with van der Waals surface area (Å²) in [5.74, 6) is -0.0800. The van der Waals surface area contributed by atoms with Crippen LogP contribution in [-0.2, 0) is 14.3 Å². The normalized spacial score (nSPS) is 12.7. The quantitative estimate of drug-likeness (QED) is 0.0322. The van der Waals surface area contributed by atoms with E-state index in [0.717, 1.165) is 57.8 Å². The fraction of sp³-hybridized carbons (Fsp3) is 0.925. The number of rotatable bonds is 49. The fourth-order valence-corrected chi connectivity index (χ4v) is 8.22. The monoisotopic (exact) mass is 834 g/mol. The van der Waals surface area contributed by atoms with Crippen molar-refractivity contribution in [2.24, 2.45) is 0 Å². The smallest absolute Gasteiger partial charge is 0.305 e. The van der Waals surface area contributed by atoms with E-state index in [9.17, 15) is 19.8 Å². The minimum atomic E-state index is -0.850. The highest BCUT2D eigenvalue weighted by Gasteiger charge is 2.18. The summed E-state index contributed by atoms with van der Waals surface area (Å²) in [6, 6.07) is -0.634. The molecule has 3 N–H and O–H groups in total. The average Bonchev–Trinajstić information content (AvgIpc) is 3.24. The van der Waals surface area contributed by atoms with Gasteiger partial charge >= 0.3 is 5.97 Å². The van der Waals surface area contributed by atoms with Crippen LogP contribution < -0.4 is 5.32 Å². The Balaban J connectivity index is 3.48. The van der Waals surface area contributed by atoms with Crippen LogP contribution in [0, 0.1) is 0 Å². The van der Waals surface area contributed by atoms with Crippen LogP contribution in [0.4, 0.5) is 0 Å². The highest BCUT2D eigenvalue weighted by atomic mass is 16.5. The van der Waals surface area contributed by atoms with E-state index in [0.29, 0.717) is 19.4 Å². The minimum Gasteiger partial charge on any atom is -0.466 e. The zero-order chi connectivity index (χ0) is 43.0. The zero-order valence-corrected chi connectivity index (χ0v) is 39.7. The predicted octanol–water partition coefficient (Wildman–Crippen LogP) is 15.7. The van der Waals surface area contributed by atoms with Crippen LogP contribution >= 0.6 is 0 Å². The molecule has 0 aliphatic heterocycles. The van der Waals surface area contributed by atoms with Crippen molar-refractivity contribution in [2.75, 3.05) is 13.2 Å². The Morgan fingerprint density at radius 1 is 0.458 bits per heavy atom. The second-order valence-electron chi connectivity index (χ2n) is 18.2. The van der Waals surface area contributed by atoms with Crippen LogP contribution in [0.15, 0.2) is 12.2 Å². The number of allylic oxidation sites excluding steroid dienone is 1. The molecule has 2 atom stereocenters. The first-order valence-corrected chi connectivity index (χ1v) is 26.5. The number of aliphatic hydroxyl groups excluding tert-OH is 2. The van der Waals surface area contributed by atoms with Gasteiger partial charge in [-0.05, 0) is 32.1 Å². The molecule has 0 saturated carbocycles. The summed E-state index contributed by atoms with van der Waals surface area (Å²) >= 11 is 0. The lowest BCUT2D eigenvalue weighted by Crippen LogP contribution is -2.45. The van der Waals surface area contributed by atoms with Crippen molar-refractivity contribution >= 4 is 11.9 Å². The largest absolute Gasteiger partial charge is 0.466 e. The van der Waals surface area contributed by atoms with E-state index in [1.165, 1.54) is 205 Å². The van der Waals surface area contributed by atoms with Gasteiger partial charge in [0.05, 0.1) is 25.4 Å². The van der Waals surface area contributed by atoms with Crippen LogP contribution in [0.1, 0.15) is 290 Å². The lowest BCUT2D eigenvalue weighted by Gasteiger charge is -2.20. The van der Waals surface area contributed by atoms with Gasteiger partial charge in [0.1, 0.15) is 0 Å². The van der Waals surface area contributed by atoms with E-state index < -0.39 is 12.1 Å². The van der Waals surface area contributed by atoms with E-state index >= 15 is 0 Å². The highest BCUT2D eigenvalue weighted by Crippen LogP contribution is 2.16. The van der Waals surface area contributed by atoms with Gasteiger partial charge in [-0.15, -0.1) is 0 Å². The fourth-order valence-electron chi connectivity index (χ4n) is 8.22. The summed E-state index contributed by atoms with van der Waals surface area (Å²) in [6.07, 6.45) is 56.4. The number of aliphatic hydroxyl groups is 2. The van der Waals surface area contributed by atoms with Crippen molar-refractivity contribution in [2.45, 2.75) is 302 Å². The van der Waals surface area contributed by atoms with Crippen molar-refractivity contribution < 1.29 is 24.5 Å². The van der Waals surface area contributed by atoms with Crippen LogP contribution in [0.5, 0.6) is 0 Å². The molecule has 0 fully saturated rings. The van der Waals surface area contributed by atoms with Gasteiger partial charge < -0.3 is 20.3 Å². The molecule has 2 unspecified atom stereocenters. The molecule has 0 aliphatic rings. The molecule has 0 radical (unpaired) electrons. The van der Waals surface area contributed by atoms with E-state index in [1.54, 1.807) is 6.08 Å². The van der Waals surface area contributed by atoms with Gasteiger partial charge in [0, 0.05) is 12.8 Å². The number of unbranched alkanes of at least 4 members (excludes halogenated alkanes) is 38. The molecule has 0 rings (SSSR count). The maximum atomic E-state index is 12.4. The Morgan fingerprint density at radius 3 is 1.15 bits per heavy atom. The number of amides is 1. The molecule has 350 valence electrons.